The summed E-state index contributed by atoms with van der Waals surface area (Å²) in [6.45, 7) is 7.55. The lowest BCUT2D eigenvalue weighted by Crippen LogP contribution is -2.18. The maximum absolute atomic E-state index is 14.0. The Labute approximate surface area is 149 Å². The Morgan fingerprint density at radius 1 is 1.36 bits per heavy atom. The summed E-state index contributed by atoms with van der Waals surface area (Å²) in [4.78, 5) is 4.91. The lowest BCUT2D eigenvalue weighted by Gasteiger charge is -2.10. The normalized spacial score (nSPS) is 12.2. The SMILES string of the molecule is CCc1nc2sc(C(C)C)nn2c1S(=O)(=O)Nc1cc(C)ccc1F. The summed E-state index contributed by atoms with van der Waals surface area (Å²) in [5, 5.41) is 5.15. The first-order valence-corrected chi connectivity index (χ1v) is 10.2. The first-order chi connectivity index (χ1) is 11.7. The molecule has 134 valence electrons. The van der Waals surface area contributed by atoms with Gasteiger partial charge in [-0.3, -0.25) is 4.72 Å². The van der Waals surface area contributed by atoms with Crippen molar-refractivity contribution in [2.75, 3.05) is 4.72 Å². The lowest BCUT2D eigenvalue weighted by atomic mass is 10.2. The smallest absolute Gasteiger partial charge is 0.275 e. The van der Waals surface area contributed by atoms with E-state index in [0.29, 0.717) is 17.1 Å². The fourth-order valence-corrected chi connectivity index (χ4v) is 4.80. The van der Waals surface area contributed by atoms with Gasteiger partial charge in [-0.15, -0.1) is 0 Å². The Morgan fingerprint density at radius 3 is 2.72 bits per heavy atom. The van der Waals surface area contributed by atoms with Crippen LogP contribution in [0.15, 0.2) is 23.2 Å². The van der Waals surface area contributed by atoms with Gasteiger partial charge in [-0.25, -0.2) is 9.37 Å². The van der Waals surface area contributed by atoms with Crippen molar-refractivity contribution in [1.29, 1.82) is 0 Å². The Hall–Kier alpha value is -2.00. The van der Waals surface area contributed by atoms with Crippen molar-refractivity contribution >= 4 is 32.0 Å². The quantitative estimate of drug-likeness (QED) is 0.729. The molecule has 0 atom stereocenters. The summed E-state index contributed by atoms with van der Waals surface area (Å²) >= 11 is 1.36. The Kier molecular flexibility index (Phi) is 4.54. The van der Waals surface area contributed by atoms with Crippen LogP contribution < -0.4 is 4.72 Å². The number of nitrogens with one attached hydrogen (secondary N) is 1. The van der Waals surface area contributed by atoms with Gasteiger partial charge in [0.05, 0.1) is 11.4 Å². The van der Waals surface area contributed by atoms with Crippen LogP contribution in [0.4, 0.5) is 10.1 Å². The maximum atomic E-state index is 14.0. The number of halogens is 1. The molecular formula is C16H19FN4O2S2. The third-order valence-electron chi connectivity index (χ3n) is 3.69. The van der Waals surface area contributed by atoms with Gasteiger partial charge in [-0.05, 0) is 31.0 Å². The predicted octanol–water partition coefficient (Wildman–Crippen LogP) is 3.72. The molecule has 0 amide bonds. The van der Waals surface area contributed by atoms with Crippen molar-refractivity contribution in [2.24, 2.45) is 0 Å². The standard InChI is InChI=1S/C16H19FN4O2S2/c1-5-12-15(21-16(18-12)24-14(19-21)9(2)3)25(22,23)20-13-8-10(4)6-7-11(13)17/h6-9,20H,5H2,1-4H3. The average Bonchev–Trinajstić information content (AvgIpc) is 3.07. The monoisotopic (exact) mass is 382 g/mol. The number of benzene rings is 1. The number of imidazole rings is 1. The minimum absolute atomic E-state index is 0.0333. The number of anilines is 1. The molecule has 0 unspecified atom stereocenters. The van der Waals surface area contributed by atoms with Crippen LogP contribution >= 0.6 is 11.3 Å². The van der Waals surface area contributed by atoms with Crippen molar-refractivity contribution in [3.63, 3.8) is 0 Å². The summed E-state index contributed by atoms with van der Waals surface area (Å²) in [7, 11) is -4.04. The molecule has 6 nitrogen and oxygen atoms in total. The first kappa shape index (κ1) is 17.8. The van der Waals surface area contributed by atoms with Crippen molar-refractivity contribution in [1.82, 2.24) is 14.6 Å². The highest BCUT2D eigenvalue weighted by atomic mass is 32.2. The minimum Gasteiger partial charge on any atom is -0.275 e. The molecule has 0 fully saturated rings. The van der Waals surface area contributed by atoms with Gasteiger partial charge in [0, 0.05) is 5.92 Å². The van der Waals surface area contributed by atoms with E-state index >= 15 is 0 Å². The zero-order valence-electron chi connectivity index (χ0n) is 14.4. The summed E-state index contributed by atoms with van der Waals surface area (Å²) < 4.78 is 43.5. The second-order valence-corrected chi connectivity index (χ2v) is 8.68. The van der Waals surface area contributed by atoms with Gasteiger partial charge in [-0.1, -0.05) is 38.2 Å². The molecule has 0 saturated carbocycles. The van der Waals surface area contributed by atoms with Gasteiger partial charge in [0.15, 0.2) is 0 Å². The van der Waals surface area contributed by atoms with Crippen LogP contribution in [0.3, 0.4) is 0 Å². The molecule has 1 N–H and O–H groups in total. The van der Waals surface area contributed by atoms with E-state index in [4.69, 9.17) is 0 Å². The molecule has 2 aromatic heterocycles. The van der Waals surface area contributed by atoms with E-state index < -0.39 is 15.8 Å². The van der Waals surface area contributed by atoms with Crippen LogP contribution in [0.2, 0.25) is 0 Å². The van der Waals surface area contributed by atoms with E-state index in [9.17, 15) is 12.8 Å². The molecular weight excluding hydrogens is 363 g/mol. The topological polar surface area (TPSA) is 76.4 Å². The highest BCUT2D eigenvalue weighted by Crippen LogP contribution is 2.28. The first-order valence-electron chi connectivity index (χ1n) is 7.90. The van der Waals surface area contributed by atoms with E-state index in [1.54, 1.807) is 13.0 Å². The zero-order valence-corrected chi connectivity index (χ0v) is 16.0. The third kappa shape index (κ3) is 3.25. The summed E-state index contributed by atoms with van der Waals surface area (Å²) in [6, 6.07) is 4.27. The van der Waals surface area contributed by atoms with Crippen molar-refractivity contribution < 1.29 is 12.8 Å². The highest BCUT2D eigenvalue weighted by Gasteiger charge is 2.28. The number of fused-ring (bicyclic) bond motifs is 1. The summed E-state index contributed by atoms with van der Waals surface area (Å²) in [5.74, 6) is -0.469. The number of nitrogens with zero attached hydrogens (tertiary/aromatic N) is 3. The molecule has 3 aromatic rings. The number of rotatable bonds is 5. The Bertz CT molecular complexity index is 1040. The van der Waals surface area contributed by atoms with Crippen LogP contribution in [-0.4, -0.2) is 23.0 Å². The van der Waals surface area contributed by atoms with Crippen LogP contribution in [0.25, 0.3) is 4.96 Å². The molecule has 25 heavy (non-hydrogen) atoms. The number of aryl methyl sites for hydroxylation is 2. The van der Waals surface area contributed by atoms with E-state index in [-0.39, 0.29) is 16.6 Å². The fourth-order valence-electron chi connectivity index (χ4n) is 2.43. The molecule has 0 radical (unpaired) electrons. The molecule has 2 heterocycles. The van der Waals surface area contributed by atoms with Crippen LogP contribution in [0, 0.1) is 12.7 Å². The molecule has 0 aliphatic carbocycles. The molecule has 0 spiro atoms. The van der Waals surface area contributed by atoms with Crippen molar-refractivity contribution in [2.45, 2.75) is 45.1 Å². The van der Waals surface area contributed by atoms with Gasteiger partial charge < -0.3 is 0 Å². The largest absolute Gasteiger partial charge is 0.281 e. The van der Waals surface area contributed by atoms with Crippen molar-refractivity contribution in [3.8, 4) is 0 Å². The molecule has 3 rings (SSSR count). The average molecular weight is 382 g/mol. The third-order valence-corrected chi connectivity index (χ3v) is 6.31. The fraction of sp³-hybridized carbons (Fsp3) is 0.375. The number of hydrogen-bond donors (Lipinski definition) is 1. The molecule has 0 bridgehead atoms. The van der Waals surface area contributed by atoms with Crippen LogP contribution in [0.5, 0.6) is 0 Å². The maximum Gasteiger partial charge on any atom is 0.281 e. The van der Waals surface area contributed by atoms with E-state index in [0.717, 1.165) is 10.6 Å². The van der Waals surface area contributed by atoms with Gasteiger partial charge in [-0.2, -0.15) is 18.0 Å². The summed E-state index contributed by atoms with van der Waals surface area (Å²) in [6.07, 6.45) is 0.430. The Balaban J connectivity index is 2.14. The van der Waals surface area contributed by atoms with Gasteiger partial charge in [0.2, 0.25) is 9.99 Å². The summed E-state index contributed by atoms with van der Waals surface area (Å²) in [5.41, 5.74) is 1.08. The van der Waals surface area contributed by atoms with E-state index in [1.807, 2.05) is 20.8 Å². The van der Waals surface area contributed by atoms with Crippen LogP contribution in [-0.2, 0) is 16.4 Å². The zero-order chi connectivity index (χ0) is 18.4. The highest BCUT2D eigenvalue weighted by molar-refractivity contribution is 7.92. The molecule has 0 aliphatic heterocycles. The van der Waals surface area contributed by atoms with Crippen molar-refractivity contribution in [3.05, 3.63) is 40.3 Å². The van der Waals surface area contributed by atoms with Crippen LogP contribution in [0.1, 0.15) is 43.0 Å². The molecule has 0 saturated heterocycles. The number of sulfonamides is 1. The van der Waals surface area contributed by atoms with Gasteiger partial charge in [0.25, 0.3) is 10.0 Å². The predicted molar refractivity (Wildman–Crippen MR) is 96.3 cm³/mol. The number of aromatic nitrogens is 3. The Morgan fingerprint density at radius 2 is 2.08 bits per heavy atom. The molecule has 0 aliphatic rings. The van der Waals surface area contributed by atoms with E-state index in [1.165, 1.54) is 28.0 Å². The lowest BCUT2D eigenvalue weighted by molar-refractivity contribution is 0.589. The second-order valence-electron chi connectivity index (χ2n) is 6.10. The minimum atomic E-state index is -4.04. The number of hydrogen-bond acceptors (Lipinski definition) is 5. The molecule has 9 heteroatoms. The van der Waals surface area contributed by atoms with Gasteiger partial charge in [0.1, 0.15) is 10.8 Å². The molecule has 1 aromatic carbocycles. The van der Waals surface area contributed by atoms with Gasteiger partial charge >= 0.3 is 0 Å². The second kappa shape index (κ2) is 6.38. The van der Waals surface area contributed by atoms with E-state index in [2.05, 4.69) is 14.8 Å².